The molecule has 1 unspecified atom stereocenters. The molecule has 0 radical (unpaired) electrons. The summed E-state index contributed by atoms with van der Waals surface area (Å²) in [7, 11) is 4.64. The van der Waals surface area contributed by atoms with Gasteiger partial charge in [-0.05, 0) is 49.5 Å². The van der Waals surface area contributed by atoms with E-state index in [2.05, 4.69) is 16.0 Å². The van der Waals surface area contributed by atoms with Gasteiger partial charge in [-0.15, -0.1) is 0 Å². The van der Waals surface area contributed by atoms with Crippen molar-refractivity contribution in [2.24, 2.45) is 0 Å². The van der Waals surface area contributed by atoms with Crippen LogP contribution in [0.5, 0.6) is 17.2 Å². The van der Waals surface area contributed by atoms with Gasteiger partial charge in [-0.3, -0.25) is 4.79 Å². The van der Waals surface area contributed by atoms with Crippen molar-refractivity contribution in [1.29, 1.82) is 0 Å². The SMILES string of the molecule is COc1cc(OC)c(C2NC(=S)NC(C)=C2C(=O)Nc2ccc(Cl)cc2)cc1OC. The summed E-state index contributed by atoms with van der Waals surface area (Å²) in [6, 6.07) is 9.80. The van der Waals surface area contributed by atoms with E-state index in [0.717, 1.165) is 0 Å². The monoisotopic (exact) mass is 447 g/mol. The molecule has 0 spiro atoms. The largest absolute Gasteiger partial charge is 0.496 e. The van der Waals surface area contributed by atoms with Gasteiger partial charge in [0, 0.05) is 28.0 Å². The van der Waals surface area contributed by atoms with Crippen LogP contribution in [0.3, 0.4) is 0 Å². The Morgan fingerprint density at radius 1 is 1.03 bits per heavy atom. The van der Waals surface area contributed by atoms with Gasteiger partial charge in [0.25, 0.3) is 5.91 Å². The van der Waals surface area contributed by atoms with E-state index in [1.165, 1.54) is 0 Å². The number of carbonyl (C=O) groups is 1. The van der Waals surface area contributed by atoms with Crippen LogP contribution in [-0.2, 0) is 4.79 Å². The highest BCUT2D eigenvalue weighted by Crippen LogP contribution is 2.40. The molecule has 1 aliphatic rings. The average Bonchev–Trinajstić information content (AvgIpc) is 2.73. The molecule has 0 saturated heterocycles. The molecule has 2 aromatic carbocycles. The summed E-state index contributed by atoms with van der Waals surface area (Å²) in [5.74, 6) is 1.26. The molecule has 9 heteroatoms. The van der Waals surface area contributed by atoms with E-state index in [-0.39, 0.29) is 5.91 Å². The zero-order valence-corrected chi connectivity index (χ0v) is 18.5. The smallest absolute Gasteiger partial charge is 0.255 e. The second-order valence-corrected chi connectivity index (χ2v) is 7.32. The average molecular weight is 448 g/mol. The topological polar surface area (TPSA) is 80.9 Å². The molecular formula is C21H22ClN3O4S. The number of hydrogen-bond donors (Lipinski definition) is 3. The summed E-state index contributed by atoms with van der Waals surface area (Å²) in [5, 5.41) is 10.1. The van der Waals surface area contributed by atoms with Gasteiger partial charge in [0.05, 0.1) is 32.9 Å². The Morgan fingerprint density at radius 2 is 1.63 bits per heavy atom. The summed E-state index contributed by atoms with van der Waals surface area (Å²) >= 11 is 11.3. The van der Waals surface area contributed by atoms with Crippen LogP contribution < -0.4 is 30.2 Å². The lowest BCUT2D eigenvalue weighted by molar-refractivity contribution is -0.113. The van der Waals surface area contributed by atoms with Crippen LogP contribution in [-0.4, -0.2) is 32.3 Å². The second kappa shape index (κ2) is 9.23. The van der Waals surface area contributed by atoms with Crippen LogP contribution in [0.1, 0.15) is 18.5 Å². The van der Waals surface area contributed by atoms with Crippen LogP contribution >= 0.6 is 23.8 Å². The first-order chi connectivity index (χ1) is 14.4. The first-order valence-corrected chi connectivity index (χ1v) is 9.81. The van der Waals surface area contributed by atoms with Gasteiger partial charge in [0.2, 0.25) is 0 Å². The number of hydrogen-bond acceptors (Lipinski definition) is 5. The number of methoxy groups -OCH3 is 3. The lowest BCUT2D eigenvalue weighted by atomic mass is 9.93. The van der Waals surface area contributed by atoms with Crippen molar-refractivity contribution in [3.05, 3.63) is 58.3 Å². The molecule has 3 rings (SSSR count). The van der Waals surface area contributed by atoms with Crippen molar-refractivity contribution in [3.63, 3.8) is 0 Å². The van der Waals surface area contributed by atoms with Crippen LogP contribution in [0.2, 0.25) is 5.02 Å². The fourth-order valence-corrected chi connectivity index (χ4v) is 3.64. The minimum Gasteiger partial charge on any atom is -0.496 e. The van der Waals surface area contributed by atoms with Gasteiger partial charge in [-0.1, -0.05) is 11.6 Å². The maximum atomic E-state index is 13.2. The Bertz CT molecular complexity index is 1010. The maximum absolute atomic E-state index is 13.2. The van der Waals surface area contributed by atoms with Crippen molar-refractivity contribution in [1.82, 2.24) is 10.6 Å². The predicted molar refractivity (Wildman–Crippen MR) is 120 cm³/mol. The standard InChI is InChI=1S/C21H22ClN3O4S/c1-11-18(20(26)24-13-7-5-12(22)6-8-13)19(25-21(30)23-11)14-9-16(28-3)17(29-4)10-15(14)27-2/h5-10,19H,1-4H3,(H,24,26)(H2,23,25,30). The first-order valence-electron chi connectivity index (χ1n) is 9.03. The third-order valence-electron chi connectivity index (χ3n) is 4.66. The number of allylic oxidation sites excluding steroid dienone is 1. The van der Waals surface area contributed by atoms with Gasteiger partial charge in [0.15, 0.2) is 16.6 Å². The first kappa shape index (κ1) is 21.7. The summed E-state index contributed by atoms with van der Waals surface area (Å²) in [4.78, 5) is 13.2. The molecule has 30 heavy (non-hydrogen) atoms. The molecule has 1 aliphatic heterocycles. The number of halogens is 1. The van der Waals surface area contributed by atoms with Gasteiger partial charge in [-0.25, -0.2) is 0 Å². The number of thiocarbonyl (C=S) groups is 1. The fraction of sp³-hybridized carbons (Fsp3) is 0.238. The molecule has 2 aromatic rings. The van der Waals surface area contributed by atoms with E-state index in [9.17, 15) is 4.79 Å². The van der Waals surface area contributed by atoms with Crippen molar-refractivity contribution in [2.45, 2.75) is 13.0 Å². The zero-order chi connectivity index (χ0) is 21.8. The summed E-state index contributed by atoms with van der Waals surface area (Å²) in [5.41, 5.74) is 2.40. The number of rotatable bonds is 6. The summed E-state index contributed by atoms with van der Waals surface area (Å²) in [6.45, 7) is 1.80. The van der Waals surface area contributed by atoms with Gasteiger partial charge < -0.3 is 30.2 Å². The molecule has 1 amide bonds. The number of anilines is 1. The third kappa shape index (κ3) is 4.44. The Hall–Kier alpha value is -2.97. The minimum absolute atomic E-state index is 0.292. The molecular weight excluding hydrogens is 426 g/mol. The molecule has 1 heterocycles. The molecule has 0 fully saturated rings. The zero-order valence-electron chi connectivity index (χ0n) is 17.0. The molecule has 0 aliphatic carbocycles. The molecule has 1 atom stereocenters. The molecule has 0 saturated carbocycles. The van der Waals surface area contributed by atoms with Crippen LogP contribution in [0, 0.1) is 0 Å². The predicted octanol–water partition coefficient (Wildman–Crippen LogP) is 3.80. The lowest BCUT2D eigenvalue weighted by Crippen LogP contribution is -2.45. The Morgan fingerprint density at radius 3 is 2.23 bits per heavy atom. The number of carbonyl (C=O) groups excluding carboxylic acids is 1. The molecule has 0 bridgehead atoms. The van der Waals surface area contributed by atoms with E-state index < -0.39 is 6.04 Å². The number of benzene rings is 2. The van der Waals surface area contributed by atoms with Crippen LogP contribution in [0.4, 0.5) is 5.69 Å². The van der Waals surface area contributed by atoms with E-state index in [0.29, 0.717) is 49.9 Å². The van der Waals surface area contributed by atoms with Crippen LogP contribution in [0.25, 0.3) is 0 Å². The van der Waals surface area contributed by atoms with Crippen molar-refractivity contribution in [3.8, 4) is 17.2 Å². The summed E-state index contributed by atoms with van der Waals surface area (Å²) in [6.07, 6.45) is 0. The van der Waals surface area contributed by atoms with Crippen LogP contribution in [0.15, 0.2) is 47.7 Å². The van der Waals surface area contributed by atoms with E-state index in [4.69, 9.17) is 38.0 Å². The van der Waals surface area contributed by atoms with Crippen molar-refractivity contribution >= 4 is 40.5 Å². The highest BCUT2D eigenvalue weighted by molar-refractivity contribution is 7.80. The second-order valence-electron chi connectivity index (χ2n) is 6.48. The normalized spacial score (nSPS) is 15.8. The molecule has 3 N–H and O–H groups in total. The maximum Gasteiger partial charge on any atom is 0.255 e. The van der Waals surface area contributed by atoms with E-state index in [1.807, 2.05) is 0 Å². The van der Waals surface area contributed by atoms with E-state index in [1.54, 1.807) is 64.7 Å². The lowest BCUT2D eigenvalue weighted by Gasteiger charge is -2.31. The molecule has 7 nitrogen and oxygen atoms in total. The van der Waals surface area contributed by atoms with Gasteiger partial charge in [0.1, 0.15) is 5.75 Å². The number of ether oxygens (including phenoxy) is 3. The Kier molecular flexibility index (Phi) is 6.69. The van der Waals surface area contributed by atoms with E-state index >= 15 is 0 Å². The van der Waals surface area contributed by atoms with Gasteiger partial charge >= 0.3 is 0 Å². The molecule has 158 valence electrons. The Balaban J connectivity index is 2.05. The highest BCUT2D eigenvalue weighted by atomic mass is 35.5. The van der Waals surface area contributed by atoms with Gasteiger partial charge in [-0.2, -0.15) is 0 Å². The van der Waals surface area contributed by atoms with Crippen molar-refractivity contribution in [2.75, 3.05) is 26.6 Å². The third-order valence-corrected chi connectivity index (χ3v) is 5.13. The minimum atomic E-state index is -0.569. The fourth-order valence-electron chi connectivity index (χ4n) is 3.24. The quantitative estimate of drug-likeness (QED) is 0.581. The number of nitrogens with one attached hydrogen (secondary N) is 3. The highest BCUT2D eigenvalue weighted by Gasteiger charge is 2.33. The summed E-state index contributed by atoms with van der Waals surface area (Å²) < 4.78 is 16.4. The molecule has 0 aromatic heterocycles. The Labute approximate surface area is 185 Å². The number of amides is 1. The van der Waals surface area contributed by atoms with Crippen molar-refractivity contribution < 1.29 is 19.0 Å².